The van der Waals surface area contributed by atoms with Crippen LogP contribution >= 0.6 is 15.9 Å². The molecule has 0 aromatic heterocycles. The Labute approximate surface area is 115 Å². The summed E-state index contributed by atoms with van der Waals surface area (Å²) in [5.41, 5.74) is 0.815. The number of aliphatic hydroxyl groups excluding tert-OH is 1. The average Bonchev–Trinajstić information content (AvgIpc) is 2.33. The van der Waals surface area contributed by atoms with Gasteiger partial charge in [-0.05, 0) is 31.5 Å². The van der Waals surface area contributed by atoms with Crippen molar-refractivity contribution < 1.29 is 14.9 Å². The summed E-state index contributed by atoms with van der Waals surface area (Å²) < 4.78 is 6.01. The second-order valence-corrected chi connectivity index (χ2v) is 5.56. The third-order valence-electron chi connectivity index (χ3n) is 3.21. The number of nitrogens with zero attached hydrogens (tertiary/aromatic N) is 1. The van der Waals surface area contributed by atoms with Gasteiger partial charge in [0, 0.05) is 23.1 Å². The number of halogens is 1. The van der Waals surface area contributed by atoms with Crippen molar-refractivity contribution >= 4 is 15.9 Å². The fraction of sp³-hybridized carbons (Fsp3) is 0.538. The number of hydrogen-bond acceptors (Lipinski definition) is 4. The third kappa shape index (κ3) is 3.16. The molecule has 1 aliphatic rings. The maximum Gasteiger partial charge on any atom is 0.162 e. The molecular weight excluding hydrogens is 298 g/mol. The predicted octanol–water partition coefficient (Wildman–Crippen LogP) is 2.12. The van der Waals surface area contributed by atoms with Crippen LogP contribution in [0.25, 0.3) is 0 Å². The van der Waals surface area contributed by atoms with E-state index in [1.807, 2.05) is 6.07 Å². The van der Waals surface area contributed by atoms with Crippen LogP contribution in [-0.4, -0.2) is 41.4 Å². The van der Waals surface area contributed by atoms with Crippen LogP contribution in [0.1, 0.15) is 18.4 Å². The first-order chi connectivity index (χ1) is 8.60. The van der Waals surface area contributed by atoms with Gasteiger partial charge < -0.3 is 14.9 Å². The van der Waals surface area contributed by atoms with E-state index in [2.05, 4.69) is 20.8 Å². The third-order valence-corrected chi connectivity index (χ3v) is 3.67. The zero-order valence-electron chi connectivity index (χ0n) is 10.4. The van der Waals surface area contributed by atoms with Gasteiger partial charge in [-0.25, -0.2) is 0 Å². The molecule has 1 unspecified atom stereocenters. The first-order valence-corrected chi connectivity index (χ1v) is 6.85. The highest BCUT2D eigenvalue weighted by Crippen LogP contribution is 2.34. The van der Waals surface area contributed by atoms with Crippen LogP contribution in [0.5, 0.6) is 11.5 Å². The van der Waals surface area contributed by atoms with Crippen LogP contribution in [0, 0.1) is 0 Å². The molecule has 0 radical (unpaired) electrons. The van der Waals surface area contributed by atoms with E-state index in [0.717, 1.165) is 29.4 Å². The summed E-state index contributed by atoms with van der Waals surface area (Å²) in [5.74, 6) is 0.651. The fourth-order valence-electron chi connectivity index (χ4n) is 2.32. The van der Waals surface area contributed by atoms with Crippen molar-refractivity contribution in [3.63, 3.8) is 0 Å². The molecule has 0 aliphatic carbocycles. The van der Waals surface area contributed by atoms with Gasteiger partial charge in [-0.3, -0.25) is 4.90 Å². The van der Waals surface area contributed by atoms with E-state index in [1.165, 1.54) is 7.11 Å². The number of likely N-dealkylation sites (tertiary alicyclic amines) is 1. The number of ether oxygens (including phenoxy) is 1. The summed E-state index contributed by atoms with van der Waals surface area (Å²) in [4.78, 5) is 2.15. The number of hydrogen-bond donors (Lipinski definition) is 2. The summed E-state index contributed by atoms with van der Waals surface area (Å²) in [6.45, 7) is 2.23. The SMILES string of the molecule is COc1cc(Br)cc(CN2CCCC(O)C2)c1O. The van der Waals surface area contributed by atoms with Crippen LogP contribution in [0.15, 0.2) is 16.6 Å². The summed E-state index contributed by atoms with van der Waals surface area (Å²) in [5, 5.41) is 19.7. The highest BCUT2D eigenvalue weighted by Gasteiger charge is 2.19. The van der Waals surface area contributed by atoms with Crippen molar-refractivity contribution in [2.24, 2.45) is 0 Å². The topological polar surface area (TPSA) is 52.9 Å². The van der Waals surface area contributed by atoms with Gasteiger partial charge in [-0.1, -0.05) is 15.9 Å². The normalized spacial score (nSPS) is 20.9. The zero-order valence-corrected chi connectivity index (χ0v) is 12.0. The molecule has 1 atom stereocenters. The van der Waals surface area contributed by atoms with Crippen molar-refractivity contribution in [3.05, 3.63) is 22.2 Å². The molecule has 1 aromatic carbocycles. The highest BCUT2D eigenvalue weighted by molar-refractivity contribution is 9.10. The van der Waals surface area contributed by atoms with Gasteiger partial charge in [0.25, 0.3) is 0 Å². The summed E-state index contributed by atoms with van der Waals surface area (Å²) in [6.07, 6.45) is 1.60. The molecule has 0 spiro atoms. The van der Waals surface area contributed by atoms with Gasteiger partial charge in [0.2, 0.25) is 0 Å². The summed E-state index contributed by atoms with van der Waals surface area (Å²) in [6, 6.07) is 3.63. The molecule has 1 aromatic rings. The minimum Gasteiger partial charge on any atom is -0.504 e. The molecule has 4 nitrogen and oxygen atoms in total. The van der Waals surface area contributed by atoms with Crippen LogP contribution in [-0.2, 0) is 6.54 Å². The standard InChI is InChI=1S/C13H18BrNO3/c1-18-12-6-10(14)5-9(13(12)17)7-15-4-2-3-11(16)8-15/h5-6,11,16-17H,2-4,7-8H2,1H3. The Kier molecular flexibility index (Phi) is 4.48. The zero-order chi connectivity index (χ0) is 13.1. The fourth-order valence-corrected chi connectivity index (χ4v) is 2.80. The molecular formula is C13H18BrNO3. The number of phenols is 1. The first kappa shape index (κ1) is 13.6. The number of phenolic OH excluding ortho intramolecular Hbond substituents is 1. The molecule has 1 saturated heterocycles. The largest absolute Gasteiger partial charge is 0.504 e. The minimum atomic E-state index is -0.255. The van der Waals surface area contributed by atoms with Crippen LogP contribution in [0.2, 0.25) is 0 Å². The van der Waals surface area contributed by atoms with E-state index in [-0.39, 0.29) is 11.9 Å². The lowest BCUT2D eigenvalue weighted by Crippen LogP contribution is -2.37. The van der Waals surface area contributed by atoms with Gasteiger partial charge >= 0.3 is 0 Å². The second kappa shape index (κ2) is 5.91. The van der Waals surface area contributed by atoms with E-state index in [9.17, 15) is 10.2 Å². The molecule has 2 rings (SSSR count). The van der Waals surface area contributed by atoms with Crippen molar-refractivity contribution in [2.75, 3.05) is 20.2 Å². The lowest BCUT2D eigenvalue weighted by molar-refractivity contribution is 0.0664. The molecule has 0 bridgehead atoms. The van der Waals surface area contributed by atoms with Gasteiger partial charge in [0.1, 0.15) is 0 Å². The number of piperidine rings is 1. The molecule has 1 fully saturated rings. The maximum absolute atomic E-state index is 10.1. The molecule has 0 amide bonds. The Hall–Kier alpha value is -0.780. The molecule has 100 valence electrons. The molecule has 18 heavy (non-hydrogen) atoms. The van der Waals surface area contributed by atoms with Crippen LogP contribution < -0.4 is 4.74 Å². The number of benzene rings is 1. The average molecular weight is 316 g/mol. The van der Waals surface area contributed by atoms with E-state index < -0.39 is 0 Å². The quantitative estimate of drug-likeness (QED) is 0.897. The second-order valence-electron chi connectivity index (χ2n) is 4.65. The summed E-state index contributed by atoms with van der Waals surface area (Å²) >= 11 is 3.41. The Morgan fingerprint density at radius 1 is 1.50 bits per heavy atom. The molecule has 0 saturated carbocycles. The molecule has 5 heteroatoms. The molecule has 1 heterocycles. The van der Waals surface area contributed by atoms with E-state index >= 15 is 0 Å². The van der Waals surface area contributed by atoms with Gasteiger partial charge in [0.05, 0.1) is 13.2 Å². The Morgan fingerprint density at radius 3 is 2.94 bits per heavy atom. The predicted molar refractivity (Wildman–Crippen MR) is 72.9 cm³/mol. The number of aromatic hydroxyl groups is 1. The van der Waals surface area contributed by atoms with Crippen LogP contribution in [0.3, 0.4) is 0 Å². The van der Waals surface area contributed by atoms with Crippen molar-refractivity contribution in [1.29, 1.82) is 0 Å². The minimum absolute atomic E-state index is 0.181. The van der Waals surface area contributed by atoms with Gasteiger partial charge in [0.15, 0.2) is 11.5 Å². The Morgan fingerprint density at radius 2 is 2.28 bits per heavy atom. The monoisotopic (exact) mass is 315 g/mol. The Balaban J connectivity index is 2.15. The Bertz CT molecular complexity index is 425. The van der Waals surface area contributed by atoms with Crippen molar-refractivity contribution in [1.82, 2.24) is 4.90 Å². The van der Waals surface area contributed by atoms with Gasteiger partial charge in [-0.2, -0.15) is 0 Å². The van der Waals surface area contributed by atoms with Crippen molar-refractivity contribution in [2.45, 2.75) is 25.5 Å². The molecule has 1 aliphatic heterocycles. The van der Waals surface area contributed by atoms with E-state index in [1.54, 1.807) is 6.07 Å². The van der Waals surface area contributed by atoms with Crippen LogP contribution in [0.4, 0.5) is 0 Å². The summed E-state index contributed by atoms with van der Waals surface area (Å²) in [7, 11) is 1.54. The number of rotatable bonds is 3. The maximum atomic E-state index is 10.1. The lowest BCUT2D eigenvalue weighted by Gasteiger charge is -2.30. The van der Waals surface area contributed by atoms with Crippen molar-refractivity contribution in [3.8, 4) is 11.5 Å². The first-order valence-electron chi connectivity index (χ1n) is 6.06. The smallest absolute Gasteiger partial charge is 0.162 e. The number of β-amino-alcohol motifs (C(OH)–C–C–N with tert-alkyl or cyclic N) is 1. The number of methoxy groups -OCH3 is 1. The number of aliphatic hydroxyl groups is 1. The molecule has 2 N–H and O–H groups in total. The lowest BCUT2D eigenvalue weighted by atomic mass is 10.1. The highest BCUT2D eigenvalue weighted by atomic mass is 79.9. The van der Waals surface area contributed by atoms with E-state index in [0.29, 0.717) is 18.8 Å². The van der Waals surface area contributed by atoms with Gasteiger partial charge in [-0.15, -0.1) is 0 Å². The van der Waals surface area contributed by atoms with E-state index in [4.69, 9.17) is 4.74 Å².